The van der Waals surface area contributed by atoms with Gasteiger partial charge in [0, 0.05) is 43.1 Å². The lowest BCUT2D eigenvalue weighted by Crippen LogP contribution is -2.40. The van der Waals surface area contributed by atoms with Crippen LogP contribution in [0, 0.1) is 0 Å². The average molecular weight is 344 g/mol. The van der Waals surface area contributed by atoms with E-state index in [1.54, 1.807) is 17.5 Å². The third-order valence-electron chi connectivity index (χ3n) is 3.97. The van der Waals surface area contributed by atoms with Crippen molar-refractivity contribution in [3.8, 4) is 11.3 Å². The number of hydrogen-bond donors (Lipinski definition) is 1. The number of anilines is 1. The second-order valence-electron chi connectivity index (χ2n) is 6.35. The molecule has 0 unspecified atom stereocenters. The van der Waals surface area contributed by atoms with Crippen LogP contribution in [0.25, 0.3) is 16.2 Å². The second kappa shape index (κ2) is 7.27. The highest BCUT2D eigenvalue weighted by atomic mass is 32.1. The van der Waals surface area contributed by atoms with Gasteiger partial charge in [0.15, 0.2) is 0 Å². The number of aromatic nitrogens is 4. The van der Waals surface area contributed by atoms with Gasteiger partial charge < -0.3 is 5.32 Å². The second-order valence-corrected chi connectivity index (χ2v) is 7.31. The van der Waals surface area contributed by atoms with Gasteiger partial charge in [-0.1, -0.05) is 11.3 Å². The molecule has 0 aliphatic heterocycles. The van der Waals surface area contributed by atoms with Gasteiger partial charge >= 0.3 is 0 Å². The van der Waals surface area contributed by atoms with Crippen LogP contribution >= 0.6 is 11.3 Å². The fourth-order valence-corrected chi connectivity index (χ4v) is 3.64. The van der Waals surface area contributed by atoms with Gasteiger partial charge in [0.05, 0.1) is 11.9 Å². The van der Waals surface area contributed by atoms with E-state index in [-0.39, 0.29) is 0 Å². The number of hydrogen-bond acceptors (Lipinski definition) is 6. The maximum Gasteiger partial charge on any atom is 0.214 e. The van der Waals surface area contributed by atoms with Crippen molar-refractivity contribution in [2.45, 2.75) is 39.8 Å². The van der Waals surface area contributed by atoms with Crippen LogP contribution in [0.2, 0.25) is 0 Å². The Hall–Kier alpha value is -1.99. The zero-order chi connectivity index (χ0) is 17.1. The Morgan fingerprint density at radius 1 is 1.25 bits per heavy atom. The Bertz CT molecular complexity index is 737. The minimum Gasteiger partial charge on any atom is -0.359 e. The number of nitrogens with one attached hydrogen (secondary N) is 1. The van der Waals surface area contributed by atoms with Crippen molar-refractivity contribution >= 4 is 21.4 Å². The summed E-state index contributed by atoms with van der Waals surface area (Å²) in [4.78, 5) is 12.1. The van der Waals surface area contributed by atoms with E-state index < -0.39 is 0 Å². The lowest BCUT2D eigenvalue weighted by molar-refractivity contribution is 0.182. The quantitative estimate of drug-likeness (QED) is 0.712. The molecule has 0 bridgehead atoms. The molecule has 0 radical (unpaired) electrons. The van der Waals surface area contributed by atoms with Gasteiger partial charge in [-0.25, -0.2) is 9.50 Å². The summed E-state index contributed by atoms with van der Waals surface area (Å²) in [5, 5.41) is 8.89. The first-order chi connectivity index (χ1) is 11.5. The van der Waals surface area contributed by atoms with E-state index in [1.165, 1.54) is 0 Å². The first kappa shape index (κ1) is 16.9. The van der Waals surface area contributed by atoms with E-state index >= 15 is 0 Å². The first-order valence-electron chi connectivity index (χ1n) is 8.31. The van der Waals surface area contributed by atoms with Gasteiger partial charge in [0.25, 0.3) is 0 Å². The van der Waals surface area contributed by atoms with Crippen LogP contribution in [0.3, 0.4) is 0 Å². The Morgan fingerprint density at radius 3 is 2.67 bits per heavy atom. The minimum atomic E-state index is 0.544. The monoisotopic (exact) mass is 344 g/mol. The Morgan fingerprint density at radius 2 is 2.04 bits per heavy atom. The third-order valence-corrected chi connectivity index (χ3v) is 4.85. The van der Waals surface area contributed by atoms with Gasteiger partial charge in [0.1, 0.15) is 0 Å². The predicted molar refractivity (Wildman–Crippen MR) is 99.6 cm³/mol. The lowest BCUT2D eigenvalue weighted by Gasteiger charge is -2.30. The molecule has 0 aliphatic rings. The fraction of sp³-hybridized carbons (Fsp3) is 0.471. The van der Waals surface area contributed by atoms with Crippen molar-refractivity contribution in [3.63, 3.8) is 0 Å². The third kappa shape index (κ3) is 3.73. The fourth-order valence-electron chi connectivity index (χ4n) is 2.83. The number of rotatable bonds is 7. The van der Waals surface area contributed by atoms with Crippen LogP contribution in [-0.4, -0.2) is 49.7 Å². The summed E-state index contributed by atoms with van der Waals surface area (Å²) in [6.07, 6.45) is 5.53. The molecule has 0 atom stereocenters. The van der Waals surface area contributed by atoms with Crippen LogP contribution in [0.1, 0.15) is 27.7 Å². The van der Waals surface area contributed by atoms with Crippen molar-refractivity contribution in [1.82, 2.24) is 24.5 Å². The molecule has 1 N–H and O–H groups in total. The lowest BCUT2D eigenvalue weighted by atomic mass is 10.2. The summed E-state index contributed by atoms with van der Waals surface area (Å²) in [7, 11) is 0. The molecule has 6 nitrogen and oxygen atoms in total. The molecule has 0 saturated carbocycles. The molecule has 0 spiro atoms. The highest BCUT2D eigenvalue weighted by Crippen LogP contribution is 2.23. The summed E-state index contributed by atoms with van der Waals surface area (Å²) < 4.78 is 1.83. The molecule has 24 heavy (non-hydrogen) atoms. The Balaban J connectivity index is 1.64. The van der Waals surface area contributed by atoms with Crippen LogP contribution < -0.4 is 5.32 Å². The minimum absolute atomic E-state index is 0.544. The zero-order valence-corrected chi connectivity index (χ0v) is 15.4. The molecule has 0 fully saturated rings. The highest BCUT2D eigenvalue weighted by molar-refractivity contribution is 7.20. The molecule has 0 amide bonds. The van der Waals surface area contributed by atoms with Crippen LogP contribution in [-0.2, 0) is 0 Å². The standard InChI is InChI=1S/C17H24N6S/c1-12(2)22(13(3)4)9-8-19-16-21-23-11-15(20-17(23)24-16)14-6-5-7-18-10-14/h5-7,10-13H,8-9H2,1-4H3,(H,19,21). The van der Waals surface area contributed by atoms with Crippen molar-refractivity contribution in [2.24, 2.45) is 0 Å². The molecule has 0 aromatic carbocycles. The van der Waals surface area contributed by atoms with Crippen LogP contribution in [0.5, 0.6) is 0 Å². The molecule has 0 saturated heterocycles. The average Bonchev–Trinajstić information content (AvgIpc) is 3.10. The van der Waals surface area contributed by atoms with Crippen molar-refractivity contribution in [1.29, 1.82) is 0 Å². The van der Waals surface area contributed by atoms with Gasteiger partial charge in [-0.3, -0.25) is 9.88 Å². The number of fused-ring (bicyclic) bond motifs is 1. The summed E-state index contributed by atoms with van der Waals surface area (Å²) >= 11 is 1.57. The SMILES string of the molecule is CC(C)N(CCNc1nn2cc(-c3cccnc3)nc2s1)C(C)C. The normalized spacial score (nSPS) is 12.0. The summed E-state index contributed by atoms with van der Waals surface area (Å²) in [6.45, 7) is 10.8. The molecule has 0 aliphatic carbocycles. The van der Waals surface area contributed by atoms with E-state index in [9.17, 15) is 0 Å². The molecule has 128 valence electrons. The smallest absolute Gasteiger partial charge is 0.214 e. The maximum absolute atomic E-state index is 4.63. The van der Waals surface area contributed by atoms with Crippen molar-refractivity contribution < 1.29 is 0 Å². The number of nitrogens with zero attached hydrogens (tertiary/aromatic N) is 5. The number of pyridine rings is 1. The molecule has 3 heterocycles. The summed E-state index contributed by atoms with van der Waals surface area (Å²) in [5.74, 6) is 0. The molecular formula is C17H24N6S. The van der Waals surface area contributed by atoms with Crippen molar-refractivity contribution in [3.05, 3.63) is 30.7 Å². The van der Waals surface area contributed by atoms with E-state index in [1.807, 2.05) is 29.0 Å². The molecular weight excluding hydrogens is 320 g/mol. The van der Waals surface area contributed by atoms with Gasteiger partial charge in [-0.2, -0.15) is 0 Å². The molecule has 3 aromatic heterocycles. The number of imidazole rings is 1. The van der Waals surface area contributed by atoms with Gasteiger partial charge in [-0.15, -0.1) is 5.10 Å². The van der Waals surface area contributed by atoms with Gasteiger partial charge in [-0.05, 0) is 39.8 Å². The molecule has 3 rings (SSSR count). The van der Waals surface area contributed by atoms with Gasteiger partial charge in [0.2, 0.25) is 10.1 Å². The maximum atomic E-state index is 4.63. The van der Waals surface area contributed by atoms with E-state index in [2.05, 4.69) is 53.0 Å². The largest absolute Gasteiger partial charge is 0.359 e. The Kier molecular flexibility index (Phi) is 5.11. The van der Waals surface area contributed by atoms with Crippen molar-refractivity contribution in [2.75, 3.05) is 18.4 Å². The Labute approximate surface area is 146 Å². The van der Waals surface area contributed by atoms with Crippen LogP contribution in [0.4, 0.5) is 5.13 Å². The molecule has 3 aromatic rings. The van der Waals surface area contributed by atoms with E-state index in [4.69, 9.17) is 0 Å². The van der Waals surface area contributed by atoms with E-state index in [0.717, 1.165) is 34.4 Å². The predicted octanol–water partition coefficient (Wildman–Crippen LogP) is 3.38. The summed E-state index contributed by atoms with van der Waals surface area (Å²) in [5.41, 5.74) is 1.91. The molecule has 7 heteroatoms. The summed E-state index contributed by atoms with van der Waals surface area (Å²) in [6, 6.07) is 5.01. The van der Waals surface area contributed by atoms with E-state index in [0.29, 0.717) is 12.1 Å². The van der Waals surface area contributed by atoms with Crippen LogP contribution in [0.15, 0.2) is 30.7 Å². The topological polar surface area (TPSA) is 58.4 Å². The zero-order valence-electron chi connectivity index (χ0n) is 14.6. The first-order valence-corrected chi connectivity index (χ1v) is 9.12. The highest BCUT2D eigenvalue weighted by Gasteiger charge is 2.13.